The largest absolute Gasteiger partial charge is 0.466 e. The number of carbonyl (C=O) groups excluding carboxylic acids is 2. The molecular formula is C14H16FNO3. The van der Waals surface area contributed by atoms with Crippen molar-refractivity contribution in [2.45, 2.75) is 31.7 Å². The molecule has 0 aromatic heterocycles. The standard InChI is InChI=1S/C14H16FNO3/c1-2-19-13(18)9-12(17)16-14(6-7-14)10-4-3-5-11(15)8-10/h3-5,8H,2,6-7,9H2,1H3,(H,16,17). The summed E-state index contributed by atoms with van der Waals surface area (Å²) >= 11 is 0. The quantitative estimate of drug-likeness (QED) is 0.653. The lowest BCUT2D eigenvalue weighted by atomic mass is 10.0. The zero-order valence-electron chi connectivity index (χ0n) is 10.7. The van der Waals surface area contributed by atoms with Gasteiger partial charge in [0.05, 0.1) is 12.1 Å². The molecule has 1 aliphatic rings. The number of amides is 1. The number of hydrogen-bond donors (Lipinski definition) is 1. The molecule has 0 unspecified atom stereocenters. The summed E-state index contributed by atoms with van der Waals surface area (Å²) in [4.78, 5) is 22.9. The molecule has 4 nitrogen and oxygen atoms in total. The summed E-state index contributed by atoms with van der Waals surface area (Å²) in [5, 5.41) is 2.79. The number of carbonyl (C=O) groups is 2. The highest BCUT2D eigenvalue weighted by Crippen LogP contribution is 2.45. The lowest BCUT2D eigenvalue weighted by molar-refractivity contribution is -0.146. The van der Waals surface area contributed by atoms with Crippen molar-refractivity contribution >= 4 is 11.9 Å². The Hall–Kier alpha value is -1.91. The maximum atomic E-state index is 13.2. The molecule has 19 heavy (non-hydrogen) atoms. The molecule has 0 bridgehead atoms. The van der Waals surface area contributed by atoms with Gasteiger partial charge in [-0.2, -0.15) is 0 Å². The van der Waals surface area contributed by atoms with Crippen LogP contribution < -0.4 is 5.32 Å². The molecule has 1 amide bonds. The number of rotatable bonds is 5. The van der Waals surface area contributed by atoms with Crippen molar-refractivity contribution in [2.24, 2.45) is 0 Å². The second-order valence-corrected chi connectivity index (χ2v) is 4.62. The highest BCUT2D eigenvalue weighted by molar-refractivity contribution is 5.94. The van der Waals surface area contributed by atoms with E-state index >= 15 is 0 Å². The zero-order valence-corrected chi connectivity index (χ0v) is 10.7. The van der Waals surface area contributed by atoms with Gasteiger partial charge in [0.25, 0.3) is 0 Å². The SMILES string of the molecule is CCOC(=O)CC(=O)NC1(c2cccc(F)c2)CC1. The van der Waals surface area contributed by atoms with Crippen molar-refractivity contribution in [1.29, 1.82) is 0 Å². The lowest BCUT2D eigenvalue weighted by Gasteiger charge is -2.17. The Balaban J connectivity index is 1.98. The van der Waals surface area contributed by atoms with Crippen molar-refractivity contribution < 1.29 is 18.7 Å². The van der Waals surface area contributed by atoms with Gasteiger partial charge in [0, 0.05) is 0 Å². The van der Waals surface area contributed by atoms with E-state index in [1.807, 2.05) is 0 Å². The topological polar surface area (TPSA) is 55.4 Å². The lowest BCUT2D eigenvalue weighted by Crippen LogP contribution is -2.36. The van der Waals surface area contributed by atoms with Crippen molar-refractivity contribution in [2.75, 3.05) is 6.61 Å². The van der Waals surface area contributed by atoms with E-state index in [4.69, 9.17) is 4.74 Å². The van der Waals surface area contributed by atoms with Crippen LogP contribution in [0, 0.1) is 5.82 Å². The highest BCUT2D eigenvalue weighted by atomic mass is 19.1. The van der Waals surface area contributed by atoms with E-state index < -0.39 is 11.5 Å². The Bertz CT molecular complexity index is 497. The maximum Gasteiger partial charge on any atom is 0.315 e. The Morgan fingerprint density at radius 2 is 2.16 bits per heavy atom. The van der Waals surface area contributed by atoms with E-state index in [9.17, 15) is 14.0 Å². The summed E-state index contributed by atoms with van der Waals surface area (Å²) in [5.74, 6) is -1.27. The normalized spacial score (nSPS) is 15.7. The van der Waals surface area contributed by atoms with Crippen LogP contribution in [0.2, 0.25) is 0 Å². The number of ether oxygens (including phenoxy) is 1. The first-order chi connectivity index (χ1) is 9.05. The third-order valence-electron chi connectivity index (χ3n) is 3.12. The molecule has 0 atom stereocenters. The molecule has 0 aliphatic heterocycles. The highest BCUT2D eigenvalue weighted by Gasteiger charge is 2.45. The van der Waals surface area contributed by atoms with Crippen molar-refractivity contribution in [3.05, 3.63) is 35.6 Å². The molecule has 0 radical (unpaired) electrons. The summed E-state index contributed by atoms with van der Waals surface area (Å²) in [6.07, 6.45) is 1.21. The average molecular weight is 265 g/mol. The van der Waals surface area contributed by atoms with Crippen LogP contribution in [0.25, 0.3) is 0 Å². The minimum Gasteiger partial charge on any atom is -0.466 e. The molecule has 1 saturated carbocycles. The first-order valence-corrected chi connectivity index (χ1v) is 6.28. The van der Waals surface area contributed by atoms with E-state index in [1.54, 1.807) is 19.1 Å². The van der Waals surface area contributed by atoms with Crippen LogP contribution in [0.3, 0.4) is 0 Å². The van der Waals surface area contributed by atoms with E-state index in [2.05, 4.69) is 5.32 Å². The van der Waals surface area contributed by atoms with Crippen LogP contribution in [-0.2, 0) is 19.9 Å². The first-order valence-electron chi connectivity index (χ1n) is 6.28. The van der Waals surface area contributed by atoms with Gasteiger partial charge in [0.1, 0.15) is 12.2 Å². The Morgan fingerprint density at radius 3 is 2.74 bits per heavy atom. The summed E-state index contributed by atoms with van der Waals surface area (Å²) in [6, 6.07) is 6.17. The van der Waals surface area contributed by atoms with E-state index in [0.717, 1.165) is 18.4 Å². The summed E-state index contributed by atoms with van der Waals surface area (Å²) in [6.45, 7) is 1.94. The number of nitrogens with one attached hydrogen (secondary N) is 1. The van der Waals surface area contributed by atoms with Crippen molar-refractivity contribution in [1.82, 2.24) is 5.32 Å². The predicted octanol–water partition coefficient (Wildman–Crippen LogP) is 1.88. The van der Waals surface area contributed by atoms with Crippen molar-refractivity contribution in [3.8, 4) is 0 Å². The second kappa shape index (κ2) is 5.38. The maximum absolute atomic E-state index is 13.2. The first kappa shape index (κ1) is 13.5. The molecule has 1 aromatic rings. The summed E-state index contributed by atoms with van der Waals surface area (Å²) < 4.78 is 17.9. The fourth-order valence-corrected chi connectivity index (χ4v) is 2.05. The smallest absolute Gasteiger partial charge is 0.315 e. The third kappa shape index (κ3) is 3.30. The minimum absolute atomic E-state index is 0.251. The van der Waals surface area contributed by atoms with Gasteiger partial charge in [-0.05, 0) is 37.5 Å². The van der Waals surface area contributed by atoms with Gasteiger partial charge in [0.2, 0.25) is 5.91 Å². The monoisotopic (exact) mass is 265 g/mol. The van der Waals surface area contributed by atoms with E-state index in [-0.39, 0.29) is 24.8 Å². The van der Waals surface area contributed by atoms with Crippen molar-refractivity contribution in [3.63, 3.8) is 0 Å². The second-order valence-electron chi connectivity index (χ2n) is 4.62. The predicted molar refractivity (Wildman–Crippen MR) is 66.7 cm³/mol. The molecule has 0 saturated heterocycles. The number of hydrogen-bond acceptors (Lipinski definition) is 3. The summed E-state index contributed by atoms with van der Waals surface area (Å²) in [5.41, 5.74) is 0.232. The molecular weight excluding hydrogens is 249 g/mol. The minimum atomic E-state index is -0.546. The van der Waals surface area contributed by atoms with Gasteiger partial charge < -0.3 is 10.1 Å². The Morgan fingerprint density at radius 1 is 1.42 bits per heavy atom. The number of benzene rings is 1. The molecule has 2 rings (SSSR count). The molecule has 1 N–H and O–H groups in total. The van der Waals surface area contributed by atoms with Gasteiger partial charge in [-0.25, -0.2) is 4.39 Å². The third-order valence-corrected chi connectivity index (χ3v) is 3.12. The van der Waals surface area contributed by atoms with Gasteiger partial charge in [-0.1, -0.05) is 12.1 Å². The molecule has 1 aliphatic carbocycles. The van der Waals surface area contributed by atoms with Gasteiger partial charge >= 0.3 is 5.97 Å². The molecule has 0 heterocycles. The van der Waals surface area contributed by atoms with Crippen LogP contribution in [0.4, 0.5) is 4.39 Å². The number of halogens is 1. The Kier molecular flexibility index (Phi) is 3.83. The van der Waals surface area contributed by atoms with Gasteiger partial charge in [0.15, 0.2) is 0 Å². The fourth-order valence-electron chi connectivity index (χ4n) is 2.05. The zero-order chi connectivity index (χ0) is 13.9. The molecule has 102 valence electrons. The summed E-state index contributed by atoms with van der Waals surface area (Å²) in [7, 11) is 0. The van der Waals surface area contributed by atoms with E-state index in [0.29, 0.717) is 0 Å². The molecule has 1 fully saturated rings. The molecule has 0 spiro atoms. The van der Waals surface area contributed by atoms with E-state index in [1.165, 1.54) is 12.1 Å². The Labute approximate surface area is 110 Å². The van der Waals surface area contributed by atoms with Gasteiger partial charge in [-0.3, -0.25) is 9.59 Å². The number of esters is 1. The fraction of sp³-hybridized carbons (Fsp3) is 0.429. The van der Waals surface area contributed by atoms with Crippen LogP contribution in [0.15, 0.2) is 24.3 Å². The average Bonchev–Trinajstić information content (AvgIpc) is 3.10. The van der Waals surface area contributed by atoms with Gasteiger partial charge in [-0.15, -0.1) is 0 Å². The van der Waals surface area contributed by atoms with Crippen LogP contribution >= 0.6 is 0 Å². The molecule has 1 aromatic carbocycles. The van der Waals surface area contributed by atoms with Crippen LogP contribution in [-0.4, -0.2) is 18.5 Å². The van der Waals surface area contributed by atoms with Crippen LogP contribution in [0.1, 0.15) is 31.7 Å². The van der Waals surface area contributed by atoms with Crippen LogP contribution in [0.5, 0.6) is 0 Å². The molecule has 5 heteroatoms.